The zero-order chi connectivity index (χ0) is 5.91. The molecule has 0 aliphatic heterocycles. The van der Waals surface area contributed by atoms with Gasteiger partial charge in [-0.2, -0.15) is 4.59 Å². The molecule has 0 aromatic rings. The molecule has 0 saturated heterocycles. The molecule has 0 fully saturated rings. The quantitative estimate of drug-likeness (QED) is 0.264. The third kappa shape index (κ3) is 5.56. The molecule has 0 amide bonds. The number of hydrogen-bond acceptors (Lipinski definition) is 2. The third-order valence-electron chi connectivity index (χ3n) is 0.358. The second-order valence-corrected chi connectivity index (χ2v) is 2.23. The molecule has 0 aromatic heterocycles. The summed E-state index contributed by atoms with van der Waals surface area (Å²) >= 11 is 0. The van der Waals surface area contributed by atoms with Gasteiger partial charge in [0.1, 0.15) is 0 Å². The Morgan fingerprint density at radius 2 is 1.57 bits per heavy atom. The van der Waals surface area contributed by atoms with Gasteiger partial charge in [0.25, 0.3) is 0 Å². The van der Waals surface area contributed by atoms with E-state index in [4.69, 9.17) is 0 Å². The fraction of sp³-hybridized carbons (Fsp3) is 1.00. The van der Waals surface area contributed by atoms with Gasteiger partial charge in [0.2, 0.25) is 0 Å². The Bertz CT molecular complexity index is 69.5. The molecule has 0 heterocycles. The van der Waals surface area contributed by atoms with Gasteiger partial charge in [0.05, 0.1) is 28.2 Å². The van der Waals surface area contributed by atoms with Gasteiger partial charge in [-0.25, -0.2) is 0 Å². The molecule has 0 N–H and O–H groups in total. The van der Waals surface area contributed by atoms with Crippen LogP contribution in [0.25, 0.3) is 0 Å². The molecule has 42 valence electrons. The van der Waals surface area contributed by atoms with E-state index >= 15 is 0 Å². The summed E-state index contributed by atoms with van der Waals surface area (Å²) in [6.45, 7) is 0. The van der Waals surface area contributed by atoms with Crippen LogP contribution in [-0.4, -0.2) is 32.8 Å². The minimum atomic E-state index is 0.552. The highest BCUT2D eigenvalue weighted by atomic mass is 15.6. The molecule has 0 saturated carbocycles. The first kappa shape index (κ1) is 6.56. The SMILES string of the molecule is C/N=N/[N+](C)(C)C. The molecule has 0 bridgehead atoms. The Morgan fingerprint density at radius 1 is 1.14 bits per heavy atom. The summed E-state index contributed by atoms with van der Waals surface area (Å²) in [4.78, 5) is 0. The van der Waals surface area contributed by atoms with Crippen molar-refractivity contribution in [2.24, 2.45) is 10.3 Å². The Hall–Kier alpha value is -0.440. The Morgan fingerprint density at radius 3 is 1.57 bits per heavy atom. The second-order valence-electron chi connectivity index (χ2n) is 2.23. The van der Waals surface area contributed by atoms with Crippen molar-refractivity contribution >= 4 is 0 Å². The van der Waals surface area contributed by atoms with E-state index in [1.54, 1.807) is 7.05 Å². The summed E-state index contributed by atoms with van der Waals surface area (Å²) in [6, 6.07) is 0. The van der Waals surface area contributed by atoms with Crippen molar-refractivity contribution in [3.8, 4) is 0 Å². The van der Waals surface area contributed by atoms with E-state index in [0.29, 0.717) is 4.59 Å². The Balaban J connectivity index is 3.56. The fourth-order valence-corrected chi connectivity index (χ4v) is 0.268. The normalized spacial score (nSPS) is 13.1. The van der Waals surface area contributed by atoms with Gasteiger partial charge in [0, 0.05) is 5.22 Å². The first-order chi connectivity index (χ1) is 3.06. The number of hydrogen-bond donors (Lipinski definition) is 0. The number of nitrogens with zero attached hydrogens (tertiary/aromatic N) is 3. The van der Waals surface area contributed by atoms with Crippen molar-refractivity contribution < 1.29 is 4.59 Å². The van der Waals surface area contributed by atoms with Crippen molar-refractivity contribution in [3.05, 3.63) is 0 Å². The molecular weight excluding hydrogens is 90.1 g/mol. The first-order valence-corrected chi connectivity index (χ1v) is 2.19. The van der Waals surface area contributed by atoms with Crippen molar-refractivity contribution in [1.29, 1.82) is 0 Å². The molecular formula is C4H12N3+. The second kappa shape index (κ2) is 2.02. The molecule has 0 atom stereocenters. The van der Waals surface area contributed by atoms with Crippen molar-refractivity contribution in [2.45, 2.75) is 0 Å². The maximum Gasteiger partial charge on any atom is 0.0939 e. The van der Waals surface area contributed by atoms with Gasteiger partial charge >= 0.3 is 0 Å². The van der Waals surface area contributed by atoms with Gasteiger partial charge in [-0.15, -0.1) is 5.11 Å². The van der Waals surface area contributed by atoms with Gasteiger partial charge in [-0.3, -0.25) is 0 Å². The molecule has 3 heteroatoms. The zero-order valence-electron chi connectivity index (χ0n) is 5.34. The van der Waals surface area contributed by atoms with Crippen LogP contribution in [0.2, 0.25) is 0 Å². The lowest BCUT2D eigenvalue weighted by atomic mass is 10.9. The van der Waals surface area contributed by atoms with E-state index < -0.39 is 0 Å². The average Bonchev–Trinajstić information content (AvgIpc) is 1.30. The largest absolute Gasteiger partial charge is 0.186 e. The summed E-state index contributed by atoms with van der Waals surface area (Å²) in [6.07, 6.45) is 0. The fourth-order valence-electron chi connectivity index (χ4n) is 0.268. The van der Waals surface area contributed by atoms with Crippen LogP contribution in [0.3, 0.4) is 0 Å². The van der Waals surface area contributed by atoms with Gasteiger partial charge in [-0.1, -0.05) is 0 Å². The summed E-state index contributed by atoms with van der Waals surface area (Å²) < 4.78 is 0.552. The van der Waals surface area contributed by atoms with Crippen molar-refractivity contribution in [3.63, 3.8) is 0 Å². The predicted octanol–water partition coefficient (Wildman–Crippen LogP) is 0.690. The molecule has 7 heavy (non-hydrogen) atoms. The lowest BCUT2D eigenvalue weighted by molar-refractivity contribution is -0.882. The van der Waals surface area contributed by atoms with Crippen molar-refractivity contribution in [2.75, 3.05) is 28.2 Å². The van der Waals surface area contributed by atoms with E-state index in [1.807, 2.05) is 21.1 Å². The lowest BCUT2D eigenvalue weighted by Gasteiger charge is -2.11. The third-order valence-corrected chi connectivity index (χ3v) is 0.358. The summed E-state index contributed by atoms with van der Waals surface area (Å²) in [7, 11) is 7.52. The highest BCUT2D eigenvalue weighted by Crippen LogP contribution is 1.88. The van der Waals surface area contributed by atoms with Gasteiger partial charge in [-0.05, 0) is 0 Å². The van der Waals surface area contributed by atoms with Crippen LogP contribution in [0.15, 0.2) is 10.3 Å². The monoisotopic (exact) mass is 102 g/mol. The number of quaternary nitrogens is 1. The van der Waals surface area contributed by atoms with E-state index in [9.17, 15) is 0 Å². The first-order valence-electron chi connectivity index (χ1n) is 2.19. The molecule has 0 aliphatic rings. The van der Waals surface area contributed by atoms with Crippen LogP contribution in [0.1, 0.15) is 0 Å². The minimum absolute atomic E-state index is 0.552. The van der Waals surface area contributed by atoms with Crippen LogP contribution in [0.4, 0.5) is 0 Å². The highest BCUT2D eigenvalue weighted by Gasteiger charge is 2.00. The summed E-state index contributed by atoms with van der Waals surface area (Å²) in [5.41, 5.74) is 0. The van der Waals surface area contributed by atoms with Crippen LogP contribution < -0.4 is 0 Å². The standard InChI is InChI=1S/C4H12N3/c1-5-6-7(2,3)4/h1-4H3/q+1/b6-5+. The maximum atomic E-state index is 3.82. The Kier molecular flexibility index (Phi) is 1.90. The molecule has 0 unspecified atom stereocenters. The molecule has 0 aliphatic carbocycles. The zero-order valence-corrected chi connectivity index (χ0v) is 5.34. The van der Waals surface area contributed by atoms with E-state index in [2.05, 4.69) is 10.3 Å². The van der Waals surface area contributed by atoms with E-state index in [1.165, 1.54) is 0 Å². The Labute approximate surface area is 44.2 Å². The van der Waals surface area contributed by atoms with Crippen molar-refractivity contribution in [1.82, 2.24) is 0 Å². The summed E-state index contributed by atoms with van der Waals surface area (Å²) in [5.74, 6) is 0. The molecule has 0 spiro atoms. The maximum absolute atomic E-state index is 3.82. The van der Waals surface area contributed by atoms with E-state index in [-0.39, 0.29) is 0 Å². The number of rotatable bonds is 1. The molecule has 3 nitrogen and oxygen atoms in total. The lowest BCUT2D eigenvalue weighted by Crippen LogP contribution is -2.26. The smallest absolute Gasteiger partial charge is 0.0939 e. The summed E-state index contributed by atoms with van der Waals surface area (Å²) in [5, 5.41) is 7.42. The minimum Gasteiger partial charge on any atom is -0.186 e. The highest BCUT2D eigenvalue weighted by molar-refractivity contribution is 3.96. The van der Waals surface area contributed by atoms with Crippen LogP contribution in [-0.2, 0) is 0 Å². The molecule has 0 rings (SSSR count). The van der Waals surface area contributed by atoms with E-state index in [0.717, 1.165) is 0 Å². The topological polar surface area (TPSA) is 24.7 Å². The molecule has 0 aromatic carbocycles. The van der Waals surface area contributed by atoms with Crippen LogP contribution in [0.5, 0.6) is 0 Å². The van der Waals surface area contributed by atoms with Gasteiger partial charge < -0.3 is 0 Å². The predicted molar refractivity (Wildman–Crippen MR) is 28.8 cm³/mol. The van der Waals surface area contributed by atoms with Crippen LogP contribution in [0, 0.1) is 0 Å². The average molecular weight is 102 g/mol. The molecule has 0 radical (unpaired) electrons. The van der Waals surface area contributed by atoms with Gasteiger partial charge in [0.15, 0.2) is 0 Å². The van der Waals surface area contributed by atoms with Crippen LogP contribution >= 0.6 is 0 Å².